The lowest BCUT2D eigenvalue weighted by Crippen LogP contribution is -2.08. The van der Waals surface area contributed by atoms with Gasteiger partial charge in [0.1, 0.15) is 5.82 Å². The summed E-state index contributed by atoms with van der Waals surface area (Å²) in [6.07, 6.45) is 2.65. The molecule has 0 aliphatic carbocycles. The average molecular weight is 388 g/mol. The van der Waals surface area contributed by atoms with Gasteiger partial charge >= 0.3 is 0 Å². The minimum Gasteiger partial charge on any atom is -0.330 e. The molecule has 3 N–H and O–H groups in total. The number of aromatic nitrogens is 7. The highest BCUT2D eigenvalue weighted by molar-refractivity contribution is 5.80. The van der Waals surface area contributed by atoms with Gasteiger partial charge in [0.25, 0.3) is 0 Å². The monoisotopic (exact) mass is 388 g/mol. The minimum atomic E-state index is 0.560. The fraction of sp³-hybridized carbons (Fsp3) is 0.286. The quantitative estimate of drug-likeness (QED) is 0.480. The molecule has 0 atom stereocenters. The maximum Gasteiger partial charge on any atom is 0.205 e. The number of H-pyrrole nitrogens is 1. The molecule has 0 unspecified atom stereocenters. The summed E-state index contributed by atoms with van der Waals surface area (Å²) in [5.41, 5.74) is 9.95. The van der Waals surface area contributed by atoms with Gasteiger partial charge in [0.05, 0.1) is 6.54 Å². The summed E-state index contributed by atoms with van der Waals surface area (Å²) in [6.45, 7) is 3.40. The van der Waals surface area contributed by atoms with Gasteiger partial charge in [-0.05, 0) is 34.9 Å². The normalized spacial score (nSPS) is 11.1. The molecule has 0 spiro atoms. The van der Waals surface area contributed by atoms with E-state index in [1.54, 1.807) is 0 Å². The summed E-state index contributed by atoms with van der Waals surface area (Å²) in [5, 5.41) is 19.1. The highest BCUT2D eigenvalue weighted by atomic mass is 15.5. The van der Waals surface area contributed by atoms with Gasteiger partial charge in [-0.25, -0.2) is 9.67 Å². The summed E-state index contributed by atoms with van der Waals surface area (Å²) in [6, 6.07) is 16.5. The van der Waals surface area contributed by atoms with Crippen molar-refractivity contribution in [1.82, 2.24) is 35.4 Å². The van der Waals surface area contributed by atoms with Crippen molar-refractivity contribution in [3.05, 3.63) is 65.7 Å². The molecule has 0 bridgehead atoms. The van der Waals surface area contributed by atoms with Gasteiger partial charge < -0.3 is 5.73 Å². The number of nitrogens with zero attached hydrogens (tertiary/aromatic N) is 6. The molecule has 0 fully saturated rings. The van der Waals surface area contributed by atoms with Crippen molar-refractivity contribution >= 4 is 0 Å². The first kappa shape index (κ1) is 18.9. The van der Waals surface area contributed by atoms with Crippen LogP contribution in [-0.4, -0.2) is 41.9 Å². The maximum atomic E-state index is 5.66. The largest absolute Gasteiger partial charge is 0.330 e. The highest BCUT2D eigenvalue weighted by Gasteiger charge is 2.12. The molecule has 2 aromatic heterocycles. The third kappa shape index (κ3) is 4.22. The van der Waals surface area contributed by atoms with Crippen molar-refractivity contribution in [2.75, 3.05) is 6.54 Å². The number of aryl methyl sites for hydroxylation is 1. The second-order valence-corrected chi connectivity index (χ2v) is 6.87. The molecule has 0 amide bonds. The SMILES string of the molecule is CCCc1nc(CCN)nn1Cc1ccc(-c2ccccc2-c2nn[nH]n2)cc1. The molecule has 0 saturated heterocycles. The first-order valence-corrected chi connectivity index (χ1v) is 9.83. The molecule has 0 saturated carbocycles. The smallest absolute Gasteiger partial charge is 0.205 e. The minimum absolute atomic E-state index is 0.560. The zero-order valence-electron chi connectivity index (χ0n) is 16.4. The van der Waals surface area contributed by atoms with E-state index in [9.17, 15) is 0 Å². The standard InChI is InChI=1S/C21H24N8/c1-2-5-20-23-19(12-13-22)26-29(20)14-15-8-10-16(11-9-15)17-6-3-4-7-18(17)21-24-27-28-25-21/h3-4,6-11H,2,5,12-14,22H2,1H3,(H,24,25,27,28). The number of hydrogen-bond donors (Lipinski definition) is 2. The second kappa shape index (κ2) is 8.74. The predicted octanol–water partition coefficient (Wildman–Crippen LogP) is 2.63. The van der Waals surface area contributed by atoms with Gasteiger partial charge in [-0.3, -0.25) is 0 Å². The Bertz CT molecular complexity index is 1050. The van der Waals surface area contributed by atoms with Crippen LogP contribution in [0.1, 0.15) is 30.6 Å². The Labute approximate surface area is 169 Å². The van der Waals surface area contributed by atoms with E-state index in [1.807, 2.05) is 22.9 Å². The Balaban J connectivity index is 1.59. The van der Waals surface area contributed by atoms with E-state index in [2.05, 4.69) is 68.0 Å². The Kier molecular flexibility index (Phi) is 5.71. The molecular formula is C21H24N8. The Morgan fingerprint density at radius 1 is 1.00 bits per heavy atom. The third-order valence-corrected chi connectivity index (χ3v) is 4.74. The molecule has 29 heavy (non-hydrogen) atoms. The lowest BCUT2D eigenvalue weighted by atomic mass is 9.98. The average Bonchev–Trinajstić information content (AvgIpc) is 3.40. The number of rotatable bonds is 8. The van der Waals surface area contributed by atoms with E-state index in [0.717, 1.165) is 41.2 Å². The van der Waals surface area contributed by atoms with Gasteiger partial charge in [-0.2, -0.15) is 10.3 Å². The van der Waals surface area contributed by atoms with Crippen LogP contribution in [0.15, 0.2) is 48.5 Å². The van der Waals surface area contributed by atoms with E-state index in [0.29, 0.717) is 25.3 Å². The number of hydrogen-bond acceptors (Lipinski definition) is 6. The Morgan fingerprint density at radius 3 is 2.48 bits per heavy atom. The van der Waals surface area contributed by atoms with Crippen molar-refractivity contribution < 1.29 is 0 Å². The lowest BCUT2D eigenvalue weighted by Gasteiger charge is -2.09. The van der Waals surface area contributed by atoms with E-state index in [1.165, 1.54) is 5.56 Å². The van der Waals surface area contributed by atoms with Crippen LogP contribution in [0.5, 0.6) is 0 Å². The first-order chi connectivity index (χ1) is 14.3. The topological polar surface area (TPSA) is 111 Å². The molecule has 148 valence electrons. The summed E-state index contributed by atoms with van der Waals surface area (Å²) >= 11 is 0. The molecule has 0 aliphatic rings. The number of aromatic amines is 1. The molecule has 2 aromatic carbocycles. The van der Waals surface area contributed by atoms with Crippen LogP contribution in [0.25, 0.3) is 22.5 Å². The summed E-state index contributed by atoms with van der Waals surface area (Å²) < 4.78 is 2.00. The first-order valence-electron chi connectivity index (χ1n) is 9.83. The van der Waals surface area contributed by atoms with Crippen molar-refractivity contribution in [3.63, 3.8) is 0 Å². The van der Waals surface area contributed by atoms with Gasteiger partial charge in [-0.15, -0.1) is 10.2 Å². The maximum absolute atomic E-state index is 5.66. The van der Waals surface area contributed by atoms with Crippen LogP contribution >= 0.6 is 0 Å². The van der Waals surface area contributed by atoms with E-state index < -0.39 is 0 Å². The molecule has 4 aromatic rings. The molecule has 8 heteroatoms. The van der Waals surface area contributed by atoms with Gasteiger partial charge in [0.2, 0.25) is 5.82 Å². The van der Waals surface area contributed by atoms with Crippen LogP contribution in [0.3, 0.4) is 0 Å². The van der Waals surface area contributed by atoms with Crippen LogP contribution in [0.2, 0.25) is 0 Å². The number of nitrogens with two attached hydrogens (primary N) is 1. The van der Waals surface area contributed by atoms with Crippen LogP contribution in [-0.2, 0) is 19.4 Å². The summed E-state index contributed by atoms with van der Waals surface area (Å²) in [5.74, 6) is 2.42. The molecule has 2 heterocycles. The zero-order valence-corrected chi connectivity index (χ0v) is 16.4. The summed E-state index contributed by atoms with van der Waals surface area (Å²) in [7, 11) is 0. The molecule has 0 radical (unpaired) electrons. The van der Waals surface area contributed by atoms with E-state index >= 15 is 0 Å². The van der Waals surface area contributed by atoms with Crippen molar-refractivity contribution in [2.24, 2.45) is 5.73 Å². The molecule has 8 nitrogen and oxygen atoms in total. The fourth-order valence-electron chi connectivity index (χ4n) is 3.36. The van der Waals surface area contributed by atoms with Gasteiger partial charge in [-0.1, -0.05) is 55.5 Å². The Hall–Kier alpha value is -3.39. The van der Waals surface area contributed by atoms with Crippen LogP contribution < -0.4 is 5.73 Å². The van der Waals surface area contributed by atoms with Gasteiger partial charge in [0.15, 0.2) is 5.82 Å². The number of benzene rings is 2. The number of tetrazole rings is 1. The molecular weight excluding hydrogens is 364 g/mol. The second-order valence-electron chi connectivity index (χ2n) is 6.87. The van der Waals surface area contributed by atoms with Crippen molar-refractivity contribution in [3.8, 4) is 22.5 Å². The molecule has 4 rings (SSSR count). The van der Waals surface area contributed by atoms with E-state index in [-0.39, 0.29) is 0 Å². The summed E-state index contributed by atoms with van der Waals surface area (Å²) in [4.78, 5) is 4.64. The fourth-order valence-corrected chi connectivity index (χ4v) is 3.36. The number of nitrogens with one attached hydrogen (secondary N) is 1. The third-order valence-electron chi connectivity index (χ3n) is 4.74. The van der Waals surface area contributed by atoms with E-state index in [4.69, 9.17) is 5.73 Å². The predicted molar refractivity (Wildman–Crippen MR) is 111 cm³/mol. The van der Waals surface area contributed by atoms with Crippen LogP contribution in [0, 0.1) is 0 Å². The van der Waals surface area contributed by atoms with Crippen molar-refractivity contribution in [1.29, 1.82) is 0 Å². The Morgan fingerprint density at radius 2 is 1.79 bits per heavy atom. The zero-order chi connectivity index (χ0) is 20.1. The van der Waals surface area contributed by atoms with Gasteiger partial charge in [0, 0.05) is 18.4 Å². The van der Waals surface area contributed by atoms with Crippen molar-refractivity contribution in [2.45, 2.75) is 32.7 Å². The van der Waals surface area contributed by atoms with Crippen LogP contribution in [0.4, 0.5) is 0 Å². The highest BCUT2D eigenvalue weighted by Crippen LogP contribution is 2.29. The lowest BCUT2D eigenvalue weighted by molar-refractivity contribution is 0.624. The molecule has 0 aliphatic heterocycles.